The lowest BCUT2D eigenvalue weighted by Gasteiger charge is -2.38. The summed E-state index contributed by atoms with van der Waals surface area (Å²) in [5.74, 6) is -1.47. The van der Waals surface area contributed by atoms with Gasteiger partial charge in [0.2, 0.25) is 19.6 Å². The van der Waals surface area contributed by atoms with Crippen LogP contribution in [0.15, 0.2) is 36.4 Å². The number of rotatable bonds is 9. The van der Waals surface area contributed by atoms with E-state index in [0.717, 1.165) is 32.3 Å². The molecule has 0 saturated heterocycles. The highest BCUT2D eigenvalue weighted by Crippen LogP contribution is 2.57. The third-order valence-corrected chi connectivity index (χ3v) is 11.1. The zero-order valence-electron chi connectivity index (χ0n) is 31.9. The van der Waals surface area contributed by atoms with Gasteiger partial charge in [-0.2, -0.15) is 0 Å². The van der Waals surface area contributed by atoms with Crippen molar-refractivity contribution in [1.29, 1.82) is 0 Å². The topological polar surface area (TPSA) is 185 Å². The van der Waals surface area contributed by atoms with Gasteiger partial charge in [0, 0.05) is 31.0 Å². The fraction of sp³-hybridized carbons (Fsp3) is 0.538. The van der Waals surface area contributed by atoms with Crippen molar-refractivity contribution >= 4 is 32.3 Å². The van der Waals surface area contributed by atoms with Crippen molar-refractivity contribution in [2.75, 3.05) is 19.6 Å². The van der Waals surface area contributed by atoms with Gasteiger partial charge in [0.05, 0.1) is 19.3 Å². The maximum atomic E-state index is 11.5. The lowest BCUT2D eigenvalue weighted by molar-refractivity contribution is -0.486. The fourth-order valence-electron chi connectivity index (χ4n) is 7.69. The first kappa shape index (κ1) is 37.0. The van der Waals surface area contributed by atoms with Crippen molar-refractivity contribution in [3.05, 3.63) is 66.7 Å². The van der Waals surface area contributed by atoms with Crippen molar-refractivity contribution < 1.29 is 43.2 Å². The Bertz CT molecular complexity index is 1880. The van der Waals surface area contributed by atoms with E-state index in [1.807, 2.05) is 98.7 Å². The third kappa shape index (κ3) is 5.79. The van der Waals surface area contributed by atoms with Gasteiger partial charge < -0.3 is 28.4 Å². The zero-order chi connectivity index (χ0) is 39.4. The van der Waals surface area contributed by atoms with Crippen molar-refractivity contribution in [1.82, 2.24) is 0 Å². The molecule has 15 heteroatoms. The second kappa shape index (κ2) is 11.8. The molecule has 7 rings (SSSR count). The largest absolute Gasteiger partial charge is 0.448 e. The van der Waals surface area contributed by atoms with Crippen molar-refractivity contribution in [3.8, 4) is 34.5 Å². The van der Waals surface area contributed by atoms with Crippen molar-refractivity contribution in [2.45, 2.75) is 98.9 Å². The van der Waals surface area contributed by atoms with Gasteiger partial charge >= 0.3 is 0 Å². The molecule has 288 valence electrons. The van der Waals surface area contributed by atoms with Gasteiger partial charge in [0.1, 0.15) is 0 Å². The minimum Gasteiger partial charge on any atom is -0.448 e. The van der Waals surface area contributed by atoms with Crippen LogP contribution in [0.3, 0.4) is 0 Å². The number of fused-ring (bicyclic) bond motifs is 9. The standard InChI is InChI=1S/C39H45N3O12/c1-34(2,3)37(10-13-40(43)44)49-28-16-22-23(17-29(28)50-37)25-19-31-33(54-39(52-31,36(7,8)9)12-15-42(47)48)21-27(25)26-20-32-30(18-24(22)26)51-38(53-32,35(4,5)6)11-14-41(45)46/h16-21H,10-15H2,1-9H3. The number of nitrogens with zero attached hydrogens (tertiary/aromatic N) is 3. The van der Waals surface area contributed by atoms with Crippen LogP contribution in [0.1, 0.15) is 81.6 Å². The Morgan fingerprint density at radius 2 is 0.574 bits per heavy atom. The molecular formula is C39H45N3O12. The molecule has 0 N–H and O–H groups in total. The summed E-state index contributed by atoms with van der Waals surface area (Å²) in [6.45, 7) is 16.1. The molecule has 0 amide bonds. The summed E-state index contributed by atoms with van der Waals surface area (Å²) in [5, 5.41) is 39.0. The molecule has 4 aromatic rings. The Hall–Kier alpha value is -5.34. The van der Waals surface area contributed by atoms with Gasteiger partial charge in [-0.1, -0.05) is 62.3 Å². The Morgan fingerprint density at radius 3 is 0.704 bits per heavy atom. The average molecular weight is 748 g/mol. The maximum absolute atomic E-state index is 11.5. The fourth-order valence-corrected chi connectivity index (χ4v) is 7.69. The van der Waals surface area contributed by atoms with Gasteiger partial charge in [0.25, 0.3) is 17.4 Å². The summed E-state index contributed by atoms with van der Waals surface area (Å²) in [7, 11) is 0. The number of hydrogen-bond donors (Lipinski definition) is 0. The summed E-state index contributed by atoms with van der Waals surface area (Å²) in [4.78, 5) is 33.4. The normalized spacial score (nSPS) is 23.1. The average Bonchev–Trinajstić information content (AvgIpc) is 3.74. The number of benzene rings is 4. The highest BCUT2D eigenvalue weighted by molar-refractivity contribution is 6.27. The zero-order valence-corrected chi connectivity index (χ0v) is 31.9. The number of hydrogen-bond acceptors (Lipinski definition) is 12. The van der Waals surface area contributed by atoms with Crippen LogP contribution in [0.25, 0.3) is 32.3 Å². The van der Waals surface area contributed by atoms with Crippen LogP contribution >= 0.6 is 0 Å². The van der Waals surface area contributed by atoms with Gasteiger partial charge in [-0.25, -0.2) is 0 Å². The lowest BCUT2D eigenvalue weighted by Crippen LogP contribution is -2.51. The lowest BCUT2D eigenvalue weighted by atomic mass is 9.83. The Balaban J connectivity index is 1.47. The van der Waals surface area contributed by atoms with E-state index in [-0.39, 0.29) is 38.9 Å². The molecule has 15 nitrogen and oxygen atoms in total. The first-order valence-electron chi connectivity index (χ1n) is 18.0. The molecule has 4 aromatic carbocycles. The molecule has 0 unspecified atom stereocenters. The monoisotopic (exact) mass is 747 g/mol. The summed E-state index contributed by atoms with van der Waals surface area (Å²) in [6.07, 6.45) is 0.0163. The van der Waals surface area contributed by atoms with E-state index in [9.17, 15) is 30.3 Å². The third-order valence-electron chi connectivity index (χ3n) is 11.1. The Kier molecular flexibility index (Phi) is 8.10. The predicted molar refractivity (Wildman–Crippen MR) is 199 cm³/mol. The summed E-state index contributed by atoms with van der Waals surface area (Å²) in [6, 6.07) is 11.2. The van der Waals surface area contributed by atoms with E-state index >= 15 is 0 Å². The molecule has 0 aliphatic carbocycles. The molecule has 0 atom stereocenters. The highest BCUT2D eigenvalue weighted by atomic mass is 16.8. The summed E-state index contributed by atoms with van der Waals surface area (Å²) < 4.78 is 39.3. The van der Waals surface area contributed by atoms with E-state index in [0.29, 0.717) is 34.5 Å². The SMILES string of the molecule is CC(C)(C)C1(CC[N+](=O)[O-])Oc2cc3c4cc5c(cc4c4cc6c(cc4c3cc2O1)OC(CC[N+](=O)[O-])(C(C)(C)C)O6)OC(CC[N+](=O)[O-])(C(C)(C)C)O5. The van der Waals surface area contributed by atoms with Crippen LogP contribution < -0.4 is 28.4 Å². The van der Waals surface area contributed by atoms with Crippen molar-refractivity contribution in [2.24, 2.45) is 16.2 Å². The van der Waals surface area contributed by atoms with Gasteiger partial charge in [0.15, 0.2) is 34.5 Å². The maximum Gasteiger partial charge on any atom is 0.262 e. The van der Waals surface area contributed by atoms with Gasteiger partial charge in [-0.15, -0.1) is 0 Å². The molecule has 3 heterocycles. The Labute approximate surface area is 311 Å². The van der Waals surface area contributed by atoms with Gasteiger partial charge in [-0.05, 0) is 68.7 Å². The molecule has 3 aliphatic heterocycles. The molecule has 3 aliphatic rings. The summed E-state index contributed by atoms with van der Waals surface area (Å²) >= 11 is 0. The van der Waals surface area contributed by atoms with Crippen LogP contribution in [0, 0.1) is 46.6 Å². The quantitative estimate of drug-likeness (QED) is 0.0902. The van der Waals surface area contributed by atoms with Crippen LogP contribution in [-0.2, 0) is 0 Å². The first-order valence-corrected chi connectivity index (χ1v) is 18.0. The molecule has 0 bridgehead atoms. The number of ether oxygens (including phenoxy) is 6. The first-order chi connectivity index (χ1) is 25.0. The minimum atomic E-state index is -1.32. The molecule has 0 radical (unpaired) electrons. The van der Waals surface area contributed by atoms with Gasteiger partial charge in [-0.3, -0.25) is 30.3 Å². The predicted octanol–water partition coefficient (Wildman–Crippen LogP) is 8.69. The molecule has 0 aromatic heterocycles. The molecular weight excluding hydrogens is 702 g/mol. The Morgan fingerprint density at radius 1 is 0.407 bits per heavy atom. The highest BCUT2D eigenvalue weighted by Gasteiger charge is 2.55. The molecule has 0 saturated carbocycles. The van der Waals surface area contributed by atoms with Crippen LogP contribution in [0.5, 0.6) is 34.5 Å². The van der Waals surface area contributed by atoms with Crippen LogP contribution in [-0.4, -0.2) is 51.8 Å². The van der Waals surface area contributed by atoms with E-state index in [4.69, 9.17) is 28.4 Å². The second-order valence-electron chi connectivity index (χ2n) is 17.6. The van der Waals surface area contributed by atoms with E-state index in [1.165, 1.54) is 0 Å². The molecule has 0 spiro atoms. The molecule has 54 heavy (non-hydrogen) atoms. The van der Waals surface area contributed by atoms with Crippen molar-refractivity contribution in [3.63, 3.8) is 0 Å². The number of nitro groups is 3. The minimum absolute atomic E-state index is 0.00542. The molecule has 0 fully saturated rings. The van der Waals surface area contributed by atoms with E-state index in [2.05, 4.69) is 0 Å². The van der Waals surface area contributed by atoms with Crippen LogP contribution in [0.2, 0.25) is 0 Å². The van der Waals surface area contributed by atoms with E-state index in [1.54, 1.807) is 0 Å². The van der Waals surface area contributed by atoms with Crippen LogP contribution in [0.4, 0.5) is 0 Å². The summed E-state index contributed by atoms with van der Waals surface area (Å²) in [5.41, 5.74) is -1.97. The van der Waals surface area contributed by atoms with E-state index < -0.39 is 48.4 Å². The second-order valence-corrected chi connectivity index (χ2v) is 17.6. The smallest absolute Gasteiger partial charge is 0.262 e.